The average Bonchev–Trinajstić information content (AvgIpc) is 3.76. The van der Waals surface area contributed by atoms with Crippen molar-refractivity contribution < 1.29 is 66.7 Å². The minimum absolute atomic E-state index is 0.00645. The Morgan fingerprint density at radius 1 is 0.718 bits per heavy atom. The lowest BCUT2D eigenvalue weighted by Gasteiger charge is -2.63. The van der Waals surface area contributed by atoms with Gasteiger partial charge >= 0.3 is 17.9 Å². The number of nitrogens with zero attached hydrogens (tertiary/aromatic N) is 1. The summed E-state index contributed by atoms with van der Waals surface area (Å²) in [6.07, 6.45) is 0.188. The number of para-hydroxylation sites is 1. The summed E-state index contributed by atoms with van der Waals surface area (Å²) in [5.74, 6) is -0.309. The minimum atomic E-state index is -1.38. The molecule has 422 valence electrons. The standard InChI is InChI=1S/C62H79NO15/c1-37-23-28-62(72-33-37)39(3)55-51(78-62)32-47-45-31-50(73-40(4)65)48-30-44(24-26-60(48,5)46(45)25-27-61(47,55)6)74-59-58(77-54(67)29-43-19-13-14-20-49(43)63(68)69)57(71-35-42-17-11-8-12-18-42)56(76-53(66)22-21-38(2)64)52(75-59)36-70-34-41-15-9-7-10-16-41/h7-20,37,39,44-48,50-52,55-59H,21-36H2,1-6H3/t37?,39-,44-,45+,46-,47-,48?,50-,51-,52+,55-,56+,57-,58+,59+,60+,61-,62+/m0/s1. The monoisotopic (exact) mass is 1080 g/mol. The van der Waals surface area contributed by atoms with E-state index in [1.807, 2.05) is 60.7 Å². The first kappa shape index (κ1) is 56.2. The highest BCUT2D eigenvalue weighted by Crippen LogP contribution is 2.71. The Morgan fingerprint density at radius 2 is 1.41 bits per heavy atom. The number of carbonyl (C=O) groups is 4. The van der Waals surface area contributed by atoms with Crippen molar-refractivity contribution in [2.24, 2.45) is 52.3 Å². The van der Waals surface area contributed by atoms with Crippen LogP contribution in [0.2, 0.25) is 0 Å². The molecule has 1 spiro atoms. The van der Waals surface area contributed by atoms with Gasteiger partial charge in [0.2, 0.25) is 0 Å². The van der Waals surface area contributed by atoms with Crippen LogP contribution in [0.1, 0.15) is 129 Å². The van der Waals surface area contributed by atoms with Gasteiger partial charge in [0, 0.05) is 43.2 Å². The van der Waals surface area contributed by atoms with Gasteiger partial charge < -0.3 is 47.4 Å². The zero-order chi connectivity index (χ0) is 54.9. The molecule has 78 heavy (non-hydrogen) atoms. The molecular formula is C62H79NO15. The molecule has 3 heterocycles. The molecule has 7 fully saturated rings. The van der Waals surface area contributed by atoms with Crippen LogP contribution in [0.4, 0.5) is 5.69 Å². The molecule has 0 N–H and O–H groups in total. The Morgan fingerprint density at radius 3 is 2.10 bits per heavy atom. The number of esters is 3. The zero-order valence-electron chi connectivity index (χ0n) is 46.1. The number of fused-ring (bicyclic) bond motifs is 7. The summed E-state index contributed by atoms with van der Waals surface area (Å²) < 4.78 is 59.9. The molecule has 3 aliphatic heterocycles. The van der Waals surface area contributed by atoms with E-state index in [4.69, 9.17) is 42.6 Å². The maximum Gasteiger partial charge on any atom is 0.311 e. The highest BCUT2D eigenvalue weighted by molar-refractivity contribution is 5.81. The molecule has 2 unspecified atom stereocenters. The van der Waals surface area contributed by atoms with Crippen molar-refractivity contribution in [3.63, 3.8) is 0 Å². The number of hydrogen-bond acceptors (Lipinski definition) is 15. The van der Waals surface area contributed by atoms with Crippen molar-refractivity contribution in [2.75, 3.05) is 13.2 Å². The second-order valence-corrected chi connectivity index (χ2v) is 24.4. The van der Waals surface area contributed by atoms with Gasteiger partial charge in [0.1, 0.15) is 24.1 Å². The zero-order valence-corrected chi connectivity index (χ0v) is 46.1. The third kappa shape index (κ3) is 11.6. The van der Waals surface area contributed by atoms with E-state index in [9.17, 15) is 29.3 Å². The van der Waals surface area contributed by atoms with Crippen LogP contribution in [0, 0.1) is 62.4 Å². The third-order valence-electron chi connectivity index (χ3n) is 19.5. The topological polar surface area (TPSA) is 194 Å². The molecule has 3 aromatic carbocycles. The lowest BCUT2D eigenvalue weighted by atomic mass is 9.43. The van der Waals surface area contributed by atoms with Crippen LogP contribution in [-0.2, 0) is 81.4 Å². The largest absolute Gasteiger partial charge is 0.462 e. The van der Waals surface area contributed by atoms with Crippen LogP contribution in [0.3, 0.4) is 0 Å². The maximum absolute atomic E-state index is 14.4. The second-order valence-electron chi connectivity index (χ2n) is 24.4. The molecule has 4 saturated carbocycles. The highest BCUT2D eigenvalue weighted by atomic mass is 16.7. The van der Waals surface area contributed by atoms with Gasteiger partial charge in [0.25, 0.3) is 5.69 Å². The van der Waals surface area contributed by atoms with E-state index in [1.165, 1.54) is 32.0 Å². The molecule has 0 bridgehead atoms. The van der Waals surface area contributed by atoms with E-state index in [1.54, 1.807) is 6.07 Å². The predicted octanol–water partition coefficient (Wildman–Crippen LogP) is 10.2. The van der Waals surface area contributed by atoms with Gasteiger partial charge in [-0.05, 0) is 110 Å². The first-order chi connectivity index (χ1) is 37.4. The lowest BCUT2D eigenvalue weighted by Crippen LogP contribution is -2.64. The van der Waals surface area contributed by atoms with Crippen molar-refractivity contribution in [1.82, 2.24) is 0 Å². The summed E-state index contributed by atoms with van der Waals surface area (Å²) in [5, 5.41) is 12.1. The summed E-state index contributed by atoms with van der Waals surface area (Å²) in [4.78, 5) is 65.0. The fraction of sp³-hybridized carbons (Fsp3) is 0.645. The van der Waals surface area contributed by atoms with Crippen molar-refractivity contribution in [2.45, 2.75) is 187 Å². The normalized spacial score (nSPS) is 37.7. The number of carbonyl (C=O) groups excluding carboxylic acids is 4. The van der Waals surface area contributed by atoms with Gasteiger partial charge in [-0.15, -0.1) is 0 Å². The molecular weight excluding hydrogens is 999 g/mol. The number of ketones is 1. The van der Waals surface area contributed by atoms with Crippen molar-refractivity contribution >= 4 is 29.4 Å². The van der Waals surface area contributed by atoms with Gasteiger partial charge in [-0.2, -0.15) is 0 Å². The summed E-state index contributed by atoms with van der Waals surface area (Å²) in [7, 11) is 0. The van der Waals surface area contributed by atoms with Crippen LogP contribution in [0.25, 0.3) is 0 Å². The van der Waals surface area contributed by atoms with Gasteiger partial charge in [-0.25, -0.2) is 0 Å². The molecule has 0 radical (unpaired) electrons. The molecule has 7 aliphatic rings. The van der Waals surface area contributed by atoms with E-state index in [2.05, 4.69) is 27.7 Å². The van der Waals surface area contributed by atoms with Crippen molar-refractivity contribution in [1.29, 1.82) is 0 Å². The SMILES string of the molecule is CC(=O)CCC(=O)O[C@H]1[C@H](OCc2ccccc2)[C@@H](OC(=O)Cc2ccccc2[N+](=O)[O-])[C@H](O[C@H]2CC[C@@]3(C)C(C2)[C@@H](OC(C)=O)C[C@H]2[C@@H]4C[C@@H]5O[C@]6(CCC(C)CO6)[C@@H](C)[C@@H]5[C@@]4(C)CC[C@@H]23)O[C@@H]1COCc1ccccc1. The van der Waals surface area contributed by atoms with Crippen LogP contribution in [0.5, 0.6) is 0 Å². The van der Waals surface area contributed by atoms with E-state index in [0.29, 0.717) is 42.4 Å². The van der Waals surface area contributed by atoms with Gasteiger partial charge in [0.15, 0.2) is 24.3 Å². The van der Waals surface area contributed by atoms with Crippen LogP contribution < -0.4 is 0 Å². The Hall–Kier alpha value is -5.10. The van der Waals surface area contributed by atoms with Crippen molar-refractivity contribution in [3.8, 4) is 0 Å². The highest BCUT2D eigenvalue weighted by Gasteiger charge is 2.70. The molecule has 3 saturated heterocycles. The van der Waals surface area contributed by atoms with Crippen LogP contribution >= 0.6 is 0 Å². The van der Waals surface area contributed by atoms with Gasteiger partial charge in [-0.1, -0.05) is 107 Å². The van der Waals surface area contributed by atoms with E-state index < -0.39 is 65.9 Å². The number of nitro groups is 1. The number of rotatable bonds is 18. The quantitative estimate of drug-likeness (QED) is 0.0383. The van der Waals surface area contributed by atoms with E-state index in [-0.39, 0.29) is 90.5 Å². The Balaban J connectivity index is 0.949. The average molecular weight is 1080 g/mol. The Bertz CT molecular complexity index is 2610. The maximum atomic E-state index is 14.4. The smallest absolute Gasteiger partial charge is 0.311 e. The Labute approximate surface area is 458 Å². The van der Waals surface area contributed by atoms with Crippen LogP contribution in [-0.4, -0.2) is 96.6 Å². The first-order valence-electron chi connectivity index (χ1n) is 28.6. The van der Waals surface area contributed by atoms with E-state index >= 15 is 0 Å². The molecule has 16 nitrogen and oxygen atoms in total. The number of ether oxygens (including phenoxy) is 9. The first-order valence-corrected chi connectivity index (χ1v) is 28.6. The summed E-state index contributed by atoms with van der Waals surface area (Å²) in [6.45, 7) is 13.2. The second kappa shape index (κ2) is 23.5. The fourth-order valence-corrected chi connectivity index (χ4v) is 15.8. The molecule has 3 aromatic rings. The van der Waals surface area contributed by atoms with Gasteiger partial charge in [-0.3, -0.25) is 24.5 Å². The summed E-state index contributed by atoms with van der Waals surface area (Å²) in [5.41, 5.74) is 1.44. The number of hydrogen-bond donors (Lipinski definition) is 0. The number of Topliss-reactive ketones (excluding diaryl/α,β-unsaturated/α-hetero) is 1. The molecule has 10 rings (SSSR count). The molecule has 0 amide bonds. The molecule has 18 atom stereocenters. The predicted molar refractivity (Wildman–Crippen MR) is 284 cm³/mol. The number of benzene rings is 3. The minimum Gasteiger partial charge on any atom is -0.462 e. The Kier molecular flexibility index (Phi) is 17.0. The van der Waals surface area contributed by atoms with Crippen molar-refractivity contribution in [3.05, 3.63) is 112 Å². The number of nitro benzene ring substituents is 1. The summed E-state index contributed by atoms with van der Waals surface area (Å²) >= 11 is 0. The molecule has 0 aromatic heterocycles. The molecule has 16 heteroatoms. The fourth-order valence-electron chi connectivity index (χ4n) is 15.8. The van der Waals surface area contributed by atoms with E-state index in [0.717, 1.165) is 62.7 Å². The lowest BCUT2D eigenvalue weighted by molar-refractivity contribution is -0.385. The third-order valence-corrected chi connectivity index (χ3v) is 19.5. The molecule has 4 aliphatic carbocycles. The van der Waals surface area contributed by atoms with Crippen LogP contribution in [0.15, 0.2) is 84.9 Å². The van der Waals surface area contributed by atoms with Gasteiger partial charge in [0.05, 0.1) is 56.4 Å². The summed E-state index contributed by atoms with van der Waals surface area (Å²) in [6, 6.07) is 24.9.